The molecule has 0 spiro atoms. The molecule has 0 unspecified atom stereocenters. The predicted molar refractivity (Wildman–Crippen MR) is 66.4 cm³/mol. The molecule has 0 bridgehead atoms. The van der Waals surface area contributed by atoms with Crippen LogP contribution >= 0.6 is 0 Å². The number of carbonyl (C=O) groups is 1. The van der Waals surface area contributed by atoms with Gasteiger partial charge >= 0.3 is 5.97 Å². The second kappa shape index (κ2) is 5.03. The molecule has 0 radical (unpaired) electrons. The number of aliphatic carboxylic acids is 1. The summed E-state index contributed by atoms with van der Waals surface area (Å²) < 4.78 is 0. The minimum absolute atomic E-state index is 0.0233. The van der Waals surface area contributed by atoms with Gasteiger partial charge in [-0.15, -0.1) is 0 Å². The maximum Gasteiger partial charge on any atom is 0.331 e. The van der Waals surface area contributed by atoms with Crippen LogP contribution in [0, 0.1) is 11.3 Å². The molecule has 2 heteroatoms. The molecule has 1 N–H and O–H groups in total. The fourth-order valence-electron chi connectivity index (χ4n) is 2.99. The van der Waals surface area contributed by atoms with Crippen molar-refractivity contribution in [3.05, 3.63) is 11.1 Å². The molecule has 0 amide bonds. The van der Waals surface area contributed by atoms with Crippen molar-refractivity contribution in [3.8, 4) is 0 Å². The molecule has 0 aromatic carbocycles. The van der Waals surface area contributed by atoms with Crippen molar-refractivity contribution in [1.29, 1.82) is 0 Å². The van der Waals surface area contributed by atoms with E-state index in [-0.39, 0.29) is 5.41 Å². The lowest BCUT2D eigenvalue weighted by Crippen LogP contribution is -2.23. The molecular formula is C14H24O2. The number of carboxylic acid groups (broad SMARTS) is 1. The Balaban J connectivity index is 3.05. The second-order valence-electron chi connectivity index (χ2n) is 5.93. The summed E-state index contributed by atoms with van der Waals surface area (Å²) in [5.41, 5.74) is 1.71. The van der Waals surface area contributed by atoms with Gasteiger partial charge in [0.1, 0.15) is 0 Å². The van der Waals surface area contributed by atoms with E-state index in [1.807, 2.05) is 0 Å². The first-order valence-electron chi connectivity index (χ1n) is 6.28. The lowest BCUT2D eigenvalue weighted by atomic mass is 9.71. The zero-order chi connectivity index (χ0) is 12.3. The zero-order valence-electron chi connectivity index (χ0n) is 11.0. The van der Waals surface area contributed by atoms with Gasteiger partial charge in [-0.25, -0.2) is 4.79 Å². The number of allylic oxidation sites excluding steroid dienone is 1. The van der Waals surface area contributed by atoms with E-state index in [0.717, 1.165) is 12.8 Å². The van der Waals surface area contributed by atoms with Crippen molar-refractivity contribution in [2.45, 2.75) is 59.8 Å². The van der Waals surface area contributed by atoms with Crippen molar-refractivity contribution >= 4 is 5.97 Å². The van der Waals surface area contributed by atoms with Gasteiger partial charge in [-0.1, -0.05) is 45.6 Å². The number of carboxylic acids is 1. The number of hydrogen-bond acceptors (Lipinski definition) is 1. The highest BCUT2D eigenvalue weighted by Gasteiger charge is 2.30. The summed E-state index contributed by atoms with van der Waals surface area (Å²) in [7, 11) is 0. The largest absolute Gasteiger partial charge is 0.478 e. The third-order valence-corrected chi connectivity index (χ3v) is 3.55. The van der Waals surface area contributed by atoms with Crippen molar-refractivity contribution in [3.63, 3.8) is 0 Å². The molecular weight excluding hydrogens is 200 g/mol. The maximum atomic E-state index is 11.2. The van der Waals surface area contributed by atoms with Gasteiger partial charge in [0.2, 0.25) is 0 Å². The maximum absolute atomic E-state index is 11.2. The fraction of sp³-hybridized carbons (Fsp3) is 0.786. The van der Waals surface area contributed by atoms with E-state index in [9.17, 15) is 9.90 Å². The van der Waals surface area contributed by atoms with Gasteiger partial charge < -0.3 is 5.11 Å². The summed E-state index contributed by atoms with van der Waals surface area (Å²) >= 11 is 0. The van der Waals surface area contributed by atoms with Crippen LogP contribution in [0.2, 0.25) is 0 Å². The third-order valence-electron chi connectivity index (χ3n) is 3.55. The van der Waals surface area contributed by atoms with E-state index < -0.39 is 5.97 Å². The zero-order valence-corrected chi connectivity index (χ0v) is 11.0. The molecule has 0 aromatic heterocycles. The Kier molecular flexibility index (Phi) is 4.17. The Labute approximate surface area is 98.7 Å². The first kappa shape index (κ1) is 13.3. The quantitative estimate of drug-likeness (QED) is 0.719. The Morgan fingerprint density at radius 1 is 1.12 bits per heavy atom. The van der Waals surface area contributed by atoms with Crippen LogP contribution in [-0.4, -0.2) is 11.1 Å². The molecule has 0 heterocycles. The number of rotatable bonds is 2. The van der Waals surface area contributed by atoms with E-state index in [2.05, 4.69) is 20.8 Å². The van der Waals surface area contributed by atoms with Crippen LogP contribution < -0.4 is 0 Å². The van der Waals surface area contributed by atoms with E-state index in [4.69, 9.17) is 0 Å². The van der Waals surface area contributed by atoms with E-state index in [0.29, 0.717) is 11.5 Å². The van der Waals surface area contributed by atoms with Crippen LogP contribution in [0.4, 0.5) is 0 Å². The lowest BCUT2D eigenvalue weighted by molar-refractivity contribution is -0.132. The smallest absolute Gasteiger partial charge is 0.331 e. The summed E-state index contributed by atoms with van der Waals surface area (Å²) in [4.78, 5) is 11.2. The van der Waals surface area contributed by atoms with Crippen LogP contribution in [0.1, 0.15) is 59.8 Å². The van der Waals surface area contributed by atoms with Crippen LogP contribution in [0.15, 0.2) is 11.1 Å². The van der Waals surface area contributed by atoms with Crippen molar-refractivity contribution in [2.75, 3.05) is 0 Å². The minimum Gasteiger partial charge on any atom is -0.478 e. The molecule has 1 rings (SSSR count). The van der Waals surface area contributed by atoms with E-state index in [1.54, 1.807) is 6.92 Å². The molecule has 16 heavy (non-hydrogen) atoms. The van der Waals surface area contributed by atoms with Crippen LogP contribution in [0.3, 0.4) is 0 Å². The van der Waals surface area contributed by atoms with Gasteiger partial charge in [-0.05, 0) is 31.1 Å². The molecule has 0 aliphatic heterocycles. The van der Waals surface area contributed by atoms with Gasteiger partial charge in [-0.2, -0.15) is 0 Å². The average molecular weight is 224 g/mol. The van der Waals surface area contributed by atoms with E-state index in [1.165, 1.54) is 24.8 Å². The Morgan fingerprint density at radius 3 is 2.00 bits per heavy atom. The van der Waals surface area contributed by atoms with Crippen molar-refractivity contribution in [1.82, 2.24) is 0 Å². The molecule has 1 aliphatic rings. The molecule has 92 valence electrons. The summed E-state index contributed by atoms with van der Waals surface area (Å²) in [6, 6.07) is 0. The molecule has 0 atom stereocenters. The Hall–Kier alpha value is -0.790. The van der Waals surface area contributed by atoms with Crippen LogP contribution in [0.5, 0.6) is 0 Å². The summed E-state index contributed by atoms with van der Waals surface area (Å²) in [5.74, 6) is -0.264. The first-order valence-corrected chi connectivity index (χ1v) is 6.28. The van der Waals surface area contributed by atoms with Gasteiger partial charge in [0.05, 0.1) is 0 Å². The highest BCUT2D eigenvalue weighted by atomic mass is 16.4. The molecule has 1 aliphatic carbocycles. The predicted octanol–water partition coefficient (Wildman–Crippen LogP) is 4.01. The summed E-state index contributed by atoms with van der Waals surface area (Å²) in [6.45, 7) is 8.15. The number of hydrogen-bond donors (Lipinski definition) is 1. The van der Waals surface area contributed by atoms with Gasteiger partial charge in [0.15, 0.2) is 0 Å². The summed E-state index contributed by atoms with van der Waals surface area (Å²) in [6.07, 6.45) is 6.13. The minimum atomic E-state index is -0.754. The molecule has 1 fully saturated rings. The van der Waals surface area contributed by atoms with Crippen LogP contribution in [-0.2, 0) is 4.79 Å². The molecule has 2 nitrogen and oxygen atoms in total. The van der Waals surface area contributed by atoms with E-state index >= 15 is 0 Å². The molecule has 1 saturated carbocycles. The first-order chi connectivity index (χ1) is 7.34. The standard InChI is InChI=1S/C14H24O2/c1-10(13(15)16)12(14(2,3)4)11-8-6-5-7-9-11/h11H,5-9H2,1-4H3,(H,15,16)/b12-10+. The van der Waals surface area contributed by atoms with Crippen molar-refractivity contribution < 1.29 is 9.90 Å². The van der Waals surface area contributed by atoms with Gasteiger partial charge in [-0.3, -0.25) is 0 Å². The Bertz CT molecular complexity index is 288. The second-order valence-corrected chi connectivity index (χ2v) is 5.93. The highest BCUT2D eigenvalue weighted by molar-refractivity contribution is 5.87. The molecule has 0 saturated heterocycles. The Morgan fingerprint density at radius 2 is 1.62 bits per heavy atom. The highest BCUT2D eigenvalue weighted by Crippen LogP contribution is 2.41. The topological polar surface area (TPSA) is 37.3 Å². The lowest BCUT2D eigenvalue weighted by Gasteiger charge is -2.34. The molecule has 0 aromatic rings. The monoisotopic (exact) mass is 224 g/mol. The normalized spacial score (nSPS) is 20.5. The van der Waals surface area contributed by atoms with Crippen LogP contribution in [0.25, 0.3) is 0 Å². The van der Waals surface area contributed by atoms with Gasteiger partial charge in [0, 0.05) is 5.57 Å². The third kappa shape index (κ3) is 3.10. The summed E-state index contributed by atoms with van der Waals surface area (Å²) in [5, 5.41) is 9.19. The van der Waals surface area contributed by atoms with Gasteiger partial charge in [0.25, 0.3) is 0 Å². The SMILES string of the molecule is C/C(C(=O)O)=C(/C1CCCCC1)C(C)(C)C. The average Bonchev–Trinajstić information content (AvgIpc) is 2.17. The van der Waals surface area contributed by atoms with Crippen molar-refractivity contribution in [2.24, 2.45) is 11.3 Å². The fourth-order valence-corrected chi connectivity index (χ4v) is 2.99.